The summed E-state index contributed by atoms with van der Waals surface area (Å²) in [6.07, 6.45) is 0. The molecule has 4 heteroatoms. The molecule has 2 nitrogen and oxygen atoms in total. The maximum absolute atomic E-state index is 13.6. The summed E-state index contributed by atoms with van der Waals surface area (Å²) >= 11 is 6.00. The molecule has 0 atom stereocenters. The Morgan fingerprint density at radius 3 is 2.53 bits per heavy atom. The number of hydrogen-bond donors (Lipinski definition) is 1. The van der Waals surface area contributed by atoms with Crippen LogP contribution >= 0.6 is 11.6 Å². The second kappa shape index (κ2) is 6.04. The predicted molar refractivity (Wildman–Crippen MR) is 76.2 cm³/mol. The van der Waals surface area contributed by atoms with E-state index in [1.807, 2.05) is 18.2 Å². The number of nitrogens with one attached hydrogen (secondary N) is 1. The highest BCUT2D eigenvalue weighted by Crippen LogP contribution is 2.31. The third kappa shape index (κ3) is 3.06. The standard InChI is InChI=1S/C15H15ClFNO/c1-18-9-12-7-10(4-6-14(12)17)11-3-5-13(16)15(8-11)19-2/h3-8,18H,9H2,1-2H3. The van der Waals surface area contributed by atoms with Crippen molar-refractivity contribution in [3.63, 3.8) is 0 Å². The average molecular weight is 280 g/mol. The molecule has 19 heavy (non-hydrogen) atoms. The highest BCUT2D eigenvalue weighted by molar-refractivity contribution is 6.32. The van der Waals surface area contributed by atoms with Crippen LogP contribution in [-0.4, -0.2) is 14.2 Å². The van der Waals surface area contributed by atoms with Gasteiger partial charge in [-0.1, -0.05) is 23.7 Å². The van der Waals surface area contributed by atoms with E-state index in [2.05, 4.69) is 5.32 Å². The smallest absolute Gasteiger partial charge is 0.138 e. The molecule has 0 amide bonds. The molecule has 2 rings (SSSR count). The highest BCUT2D eigenvalue weighted by atomic mass is 35.5. The molecule has 0 radical (unpaired) electrons. The van der Waals surface area contributed by atoms with Crippen LogP contribution in [0.1, 0.15) is 5.56 Å². The Bertz CT molecular complexity index is 586. The maximum atomic E-state index is 13.6. The quantitative estimate of drug-likeness (QED) is 0.917. The summed E-state index contributed by atoms with van der Waals surface area (Å²) in [5, 5.41) is 3.51. The molecule has 0 unspecified atom stereocenters. The van der Waals surface area contributed by atoms with Crippen LogP contribution in [0.25, 0.3) is 11.1 Å². The van der Waals surface area contributed by atoms with Gasteiger partial charge in [0.2, 0.25) is 0 Å². The van der Waals surface area contributed by atoms with Gasteiger partial charge >= 0.3 is 0 Å². The van der Waals surface area contributed by atoms with Crippen molar-refractivity contribution < 1.29 is 9.13 Å². The van der Waals surface area contributed by atoms with Crippen molar-refractivity contribution in [1.29, 1.82) is 0 Å². The van der Waals surface area contributed by atoms with Crippen LogP contribution in [0.3, 0.4) is 0 Å². The van der Waals surface area contributed by atoms with Gasteiger partial charge in [-0.2, -0.15) is 0 Å². The lowest BCUT2D eigenvalue weighted by atomic mass is 10.0. The van der Waals surface area contributed by atoms with Gasteiger partial charge in [-0.05, 0) is 42.4 Å². The van der Waals surface area contributed by atoms with Gasteiger partial charge in [0.15, 0.2) is 0 Å². The number of hydrogen-bond acceptors (Lipinski definition) is 2. The number of rotatable bonds is 4. The topological polar surface area (TPSA) is 21.3 Å². The summed E-state index contributed by atoms with van der Waals surface area (Å²) in [6, 6.07) is 10.6. The van der Waals surface area contributed by atoms with Crippen LogP contribution < -0.4 is 10.1 Å². The minimum absolute atomic E-state index is 0.209. The van der Waals surface area contributed by atoms with Crippen LogP contribution in [0.2, 0.25) is 5.02 Å². The molecule has 100 valence electrons. The zero-order valence-corrected chi connectivity index (χ0v) is 11.6. The molecule has 0 saturated carbocycles. The van der Waals surface area contributed by atoms with Gasteiger partial charge < -0.3 is 10.1 Å². The Kier molecular flexibility index (Phi) is 4.40. The third-order valence-electron chi connectivity index (χ3n) is 2.90. The van der Waals surface area contributed by atoms with Crippen LogP contribution in [0.5, 0.6) is 5.75 Å². The van der Waals surface area contributed by atoms with E-state index in [-0.39, 0.29) is 5.82 Å². The van der Waals surface area contributed by atoms with Gasteiger partial charge in [0.1, 0.15) is 11.6 Å². The second-order valence-corrected chi connectivity index (χ2v) is 4.59. The molecule has 0 aliphatic carbocycles. The Morgan fingerprint density at radius 2 is 1.84 bits per heavy atom. The maximum Gasteiger partial charge on any atom is 0.138 e. The molecule has 0 aliphatic rings. The van der Waals surface area contributed by atoms with Gasteiger partial charge in [-0.3, -0.25) is 0 Å². The molecule has 2 aromatic rings. The monoisotopic (exact) mass is 279 g/mol. The van der Waals surface area contributed by atoms with Crippen LogP contribution in [0.4, 0.5) is 4.39 Å². The molecule has 2 aromatic carbocycles. The fraction of sp³-hybridized carbons (Fsp3) is 0.200. The highest BCUT2D eigenvalue weighted by Gasteiger charge is 2.07. The van der Waals surface area contributed by atoms with E-state index in [0.29, 0.717) is 22.9 Å². The van der Waals surface area contributed by atoms with Crippen LogP contribution in [-0.2, 0) is 6.54 Å². The molecule has 0 spiro atoms. The zero-order chi connectivity index (χ0) is 13.8. The van der Waals surface area contributed by atoms with Gasteiger partial charge in [-0.15, -0.1) is 0 Å². The van der Waals surface area contributed by atoms with E-state index in [4.69, 9.17) is 16.3 Å². The summed E-state index contributed by atoms with van der Waals surface area (Å²) in [5.41, 5.74) is 2.51. The Labute approximate surface area is 117 Å². The molecule has 0 aliphatic heterocycles. The fourth-order valence-electron chi connectivity index (χ4n) is 1.92. The first-order valence-electron chi connectivity index (χ1n) is 5.92. The number of benzene rings is 2. The van der Waals surface area contributed by atoms with E-state index in [1.54, 1.807) is 26.3 Å². The van der Waals surface area contributed by atoms with E-state index in [9.17, 15) is 4.39 Å². The van der Waals surface area contributed by atoms with Crippen molar-refractivity contribution in [2.24, 2.45) is 0 Å². The lowest BCUT2D eigenvalue weighted by Crippen LogP contribution is -2.07. The minimum atomic E-state index is -0.209. The molecular formula is C15H15ClFNO. The van der Waals surface area contributed by atoms with Gasteiger partial charge in [-0.25, -0.2) is 4.39 Å². The van der Waals surface area contributed by atoms with Crippen LogP contribution in [0, 0.1) is 5.82 Å². The summed E-state index contributed by atoms with van der Waals surface area (Å²) in [7, 11) is 3.36. The molecule has 0 heterocycles. The SMILES string of the molecule is CNCc1cc(-c2ccc(Cl)c(OC)c2)ccc1F. The third-order valence-corrected chi connectivity index (χ3v) is 3.21. The van der Waals surface area contributed by atoms with E-state index in [0.717, 1.165) is 11.1 Å². The molecule has 0 fully saturated rings. The normalized spacial score (nSPS) is 10.5. The summed E-state index contributed by atoms with van der Waals surface area (Å²) in [6.45, 7) is 0.490. The first-order chi connectivity index (χ1) is 9.15. The van der Waals surface area contributed by atoms with Crippen molar-refractivity contribution in [2.45, 2.75) is 6.54 Å². The number of ether oxygens (including phenoxy) is 1. The lowest BCUT2D eigenvalue weighted by Gasteiger charge is -2.09. The Morgan fingerprint density at radius 1 is 1.16 bits per heavy atom. The largest absolute Gasteiger partial charge is 0.495 e. The van der Waals surface area contributed by atoms with Crippen molar-refractivity contribution >= 4 is 11.6 Å². The van der Waals surface area contributed by atoms with E-state index in [1.165, 1.54) is 6.07 Å². The lowest BCUT2D eigenvalue weighted by molar-refractivity contribution is 0.415. The van der Waals surface area contributed by atoms with Crippen molar-refractivity contribution in [3.8, 4) is 16.9 Å². The first-order valence-corrected chi connectivity index (χ1v) is 6.30. The van der Waals surface area contributed by atoms with E-state index >= 15 is 0 Å². The summed E-state index contributed by atoms with van der Waals surface area (Å²) < 4.78 is 18.8. The van der Waals surface area contributed by atoms with Crippen molar-refractivity contribution in [3.05, 3.63) is 52.8 Å². The molecule has 1 N–H and O–H groups in total. The average Bonchev–Trinajstić information content (AvgIpc) is 2.42. The van der Waals surface area contributed by atoms with Crippen molar-refractivity contribution in [1.82, 2.24) is 5.32 Å². The zero-order valence-electron chi connectivity index (χ0n) is 10.8. The summed E-state index contributed by atoms with van der Waals surface area (Å²) in [5.74, 6) is 0.401. The van der Waals surface area contributed by atoms with E-state index < -0.39 is 0 Å². The Balaban J connectivity index is 2.44. The van der Waals surface area contributed by atoms with Gasteiger partial charge in [0.25, 0.3) is 0 Å². The predicted octanol–water partition coefficient (Wildman–Crippen LogP) is 3.87. The fourth-order valence-corrected chi connectivity index (χ4v) is 2.11. The molecule has 0 bridgehead atoms. The van der Waals surface area contributed by atoms with Crippen molar-refractivity contribution in [2.75, 3.05) is 14.2 Å². The molecule has 0 aromatic heterocycles. The van der Waals surface area contributed by atoms with Gasteiger partial charge in [0.05, 0.1) is 12.1 Å². The molecular weight excluding hydrogens is 265 g/mol. The minimum Gasteiger partial charge on any atom is -0.495 e. The molecule has 0 saturated heterocycles. The number of halogens is 2. The van der Waals surface area contributed by atoms with Gasteiger partial charge in [0, 0.05) is 12.1 Å². The van der Waals surface area contributed by atoms with Crippen LogP contribution in [0.15, 0.2) is 36.4 Å². The Hall–Kier alpha value is -1.58. The first kappa shape index (κ1) is 13.8. The second-order valence-electron chi connectivity index (χ2n) is 4.19. The number of methoxy groups -OCH3 is 1. The summed E-state index contributed by atoms with van der Waals surface area (Å²) in [4.78, 5) is 0.